The molecule has 17 heavy (non-hydrogen) atoms. The molecule has 0 saturated carbocycles. The van der Waals surface area contributed by atoms with Crippen LogP contribution in [0.3, 0.4) is 0 Å². The van der Waals surface area contributed by atoms with Gasteiger partial charge in [0, 0.05) is 0 Å². The summed E-state index contributed by atoms with van der Waals surface area (Å²) >= 11 is 1.33. The molecular weight excluding hydrogens is 238 g/mol. The Kier molecular flexibility index (Phi) is 3.77. The smallest absolute Gasteiger partial charge is 0.339 e. The maximum absolute atomic E-state index is 11.7. The van der Waals surface area contributed by atoms with Crippen LogP contribution < -0.4 is 0 Å². The van der Waals surface area contributed by atoms with E-state index in [2.05, 4.69) is 15.4 Å². The van der Waals surface area contributed by atoms with E-state index in [0.29, 0.717) is 10.6 Å². The third-order valence-corrected chi connectivity index (χ3v) is 2.83. The number of esters is 1. The van der Waals surface area contributed by atoms with Gasteiger partial charge in [-0.1, -0.05) is 30.0 Å². The zero-order chi connectivity index (χ0) is 12.1. The highest BCUT2D eigenvalue weighted by Gasteiger charge is 2.13. The van der Waals surface area contributed by atoms with Gasteiger partial charge < -0.3 is 4.74 Å². The van der Waals surface area contributed by atoms with Crippen LogP contribution in [-0.4, -0.2) is 26.8 Å². The summed E-state index contributed by atoms with van der Waals surface area (Å²) in [6.07, 6.45) is 1.58. The van der Waals surface area contributed by atoms with Gasteiger partial charge in [0.15, 0.2) is 5.44 Å². The molecule has 5 nitrogen and oxygen atoms in total. The minimum absolute atomic E-state index is 0.312. The first-order chi connectivity index (χ1) is 8.25. The summed E-state index contributed by atoms with van der Waals surface area (Å²) in [5.41, 5.74) is 0.230. The lowest BCUT2D eigenvalue weighted by Gasteiger charge is -2.10. The van der Waals surface area contributed by atoms with Crippen molar-refractivity contribution in [2.75, 3.05) is 0 Å². The van der Waals surface area contributed by atoms with Gasteiger partial charge in [0.05, 0.1) is 11.8 Å². The highest BCUT2D eigenvalue weighted by Crippen LogP contribution is 2.21. The number of carbonyl (C=O) groups excluding carboxylic acids is 1. The number of rotatable bonds is 4. The van der Waals surface area contributed by atoms with Crippen LogP contribution in [0, 0.1) is 0 Å². The predicted molar refractivity (Wildman–Crippen MR) is 63.6 cm³/mol. The first-order valence-electron chi connectivity index (χ1n) is 5.04. The lowest BCUT2D eigenvalue weighted by molar-refractivity contribution is 0.0481. The third kappa shape index (κ3) is 3.32. The summed E-state index contributed by atoms with van der Waals surface area (Å²) in [7, 11) is 0. The fourth-order valence-corrected chi connectivity index (χ4v) is 1.92. The molecule has 2 rings (SSSR count). The van der Waals surface area contributed by atoms with E-state index in [1.807, 2.05) is 6.07 Å². The van der Waals surface area contributed by atoms with Crippen LogP contribution in [0.1, 0.15) is 17.3 Å². The highest BCUT2D eigenvalue weighted by molar-refractivity contribution is 7.99. The molecular formula is C11H11N3O2S. The van der Waals surface area contributed by atoms with Crippen molar-refractivity contribution in [1.82, 2.24) is 15.4 Å². The highest BCUT2D eigenvalue weighted by atomic mass is 32.2. The lowest BCUT2D eigenvalue weighted by atomic mass is 10.2. The van der Waals surface area contributed by atoms with Crippen molar-refractivity contribution < 1.29 is 9.53 Å². The molecule has 1 unspecified atom stereocenters. The molecule has 0 aliphatic carbocycles. The van der Waals surface area contributed by atoms with Gasteiger partial charge in [-0.15, -0.1) is 5.10 Å². The Hall–Kier alpha value is -1.82. The summed E-state index contributed by atoms with van der Waals surface area (Å²) in [4.78, 5) is 11.7. The Labute approximate surface area is 103 Å². The van der Waals surface area contributed by atoms with E-state index in [4.69, 9.17) is 4.74 Å². The largest absolute Gasteiger partial charge is 0.448 e. The van der Waals surface area contributed by atoms with Gasteiger partial charge in [-0.2, -0.15) is 10.3 Å². The Morgan fingerprint density at radius 2 is 2.18 bits per heavy atom. The number of benzene rings is 1. The number of H-pyrrole nitrogens is 1. The first kappa shape index (κ1) is 11.7. The van der Waals surface area contributed by atoms with E-state index < -0.39 is 0 Å². The van der Waals surface area contributed by atoms with Gasteiger partial charge in [0.2, 0.25) is 0 Å². The van der Waals surface area contributed by atoms with E-state index in [1.54, 1.807) is 37.4 Å². The minimum atomic E-state index is -0.339. The van der Waals surface area contributed by atoms with E-state index in [9.17, 15) is 4.79 Å². The van der Waals surface area contributed by atoms with Crippen molar-refractivity contribution in [2.45, 2.75) is 17.4 Å². The second kappa shape index (κ2) is 5.49. The van der Waals surface area contributed by atoms with E-state index in [0.717, 1.165) is 0 Å². The Bertz CT molecular complexity index is 473. The molecule has 1 atom stereocenters. The Morgan fingerprint density at radius 1 is 1.41 bits per heavy atom. The molecule has 0 fully saturated rings. The molecule has 0 aliphatic rings. The van der Waals surface area contributed by atoms with Crippen molar-refractivity contribution in [3.05, 3.63) is 42.1 Å². The number of hydrogen-bond donors (Lipinski definition) is 1. The second-order valence-corrected chi connectivity index (χ2v) is 4.58. The number of nitrogens with one attached hydrogen (secondary N) is 1. The fraction of sp³-hybridized carbons (Fsp3) is 0.182. The molecule has 6 heteroatoms. The molecule has 88 valence electrons. The molecule has 2 aromatic rings. The number of carbonyl (C=O) groups is 1. The van der Waals surface area contributed by atoms with Gasteiger partial charge in [-0.3, -0.25) is 0 Å². The maximum atomic E-state index is 11.7. The number of aromatic amines is 1. The van der Waals surface area contributed by atoms with Gasteiger partial charge in [0.25, 0.3) is 0 Å². The van der Waals surface area contributed by atoms with Crippen LogP contribution in [0.5, 0.6) is 0 Å². The summed E-state index contributed by atoms with van der Waals surface area (Å²) < 4.78 is 5.25. The number of ether oxygens (including phenoxy) is 1. The number of thioether (sulfide) groups is 1. The number of hydrogen-bond acceptors (Lipinski definition) is 5. The fourth-order valence-electron chi connectivity index (χ4n) is 1.23. The molecule has 1 aromatic heterocycles. The molecule has 0 radical (unpaired) electrons. The quantitative estimate of drug-likeness (QED) is 0.510. The summed E-state index contributed by atoms with van der Waals surface area (Å²) in [6, 6.07) is 8.88. The van der Waals surface area contributed by atoms with Crippen LogP contribution in [0.4, 0.5) is 0 Å². The van der Waals surface area contributed by atoms with Crippen LogP contribution in [-0.2, 0) is 4.74 Å². The van der Waals surface area contributed by atoms with Crippen molar-refractivity contribution in [3.8, 4) is 0 Å². The number of nitrogens with zero attached hydrogens (tertiary/aromatic N) is 2. The molecule has 1 heterocycles. The van der Waals surface area contributed by atoms with Crippen LogP contribution in [0.2, 0.25) is 0 Å². The normalized spacial score (nSPS) is 12.1. The molecule has 1 N–H and O–H groups in total. The van der Waals surface area contributed by atoms with Crippen molar-refractivity contribution in [1.29, 1.82) is 0 Å². The van der Waals surface area contributed by atoms with Gasteiger partial charge in [-0.05, 0) is 19.1 Å². The summed E-state index contributed by atoms with van der Waals surface area (Å²) in [6.45, 7) is 1.79. The van der Waals surface area contributed by atoms with E-state index in [1.165, 1.54) is 11.8 Å². The molecule has 1 aromatic carbocycles. The minimum Gasteiger partial charge on any atom is -0.448 e. The number of aromatic nitrogens is 3. The standard InChI is InChI=1S/C11H11N3O2S/c1-8(17-10-7-12-14-13-10)16-11(15)9-5-3-2-4-6-9/h2-8H,1H3,(H,12,13,14). The van der Waals surface area contributed by atoms with E-state index >= 15 is 0 Å². The van der Waals surface area contributed by atoms with Crippen molar-refractivity contribution in [2.24, 2.45) is 0 Å². The average molecular weight is 249 g/mol. The van der Waals surface area contributed by atoms with E-state index in [-0.39, 0.29) is 11.4 Å². The molecule has 0 amide bonds. The predicted octanol–water partition coefficient (Wildman–Crippen LogP) is 2.10. The third-order valence-electron chi connectivity index (χ3n) is 1.96. The topological polar surface area (TPSA) is 67.9 Å². The maximum Gasteiger partial charge on any atom is 0.339 e. The van der Waals surface area contributed by atoms with Gasteiger partial charge >= 0.3 is 5.97 Å². The van der Waals surface area contributed by atoms with Crippen molar-refractivity contribution in [3.63, 3.8) is 0 Å². The molecule has 0 saturated heterocycles. The molecule has 0 aliphatic heterocycles. The van der Waals surface area contributed by atoms with Crippen LogP contribution in [0.25, 0.3) is 0 Å². The lowest BCUT2D eigenvalue weighted by Crippen LogP contribution is -2.11. The molecule has 0 spiro atoms. The monoisotopic (exact) mass is 249 g/mol. The SMILES string of the molecule is CC(OC(=O)c1ccccc1)Sc1cn[nH]n1. The Morgan fingerprint density at radius 3 is 2.82 bits per heavy atom. The second-order valence-electron chi connectivity index (χ2n) is 3.27. The average Bonchev–Trinajstić information content (AvgIpc) is 2.82. The Balaban J connectivity index is 1.91. The van der Waals surface area contributed by atoms with Crippen molar-refractivity contribution >= 4 is 17.7 Å². The molecule has 0 bridgehead atoms. The zero-order valence-corrected chi connectivity index (χ0v) is 9.98. The van der Waals surface area contributed by atoms with Gasteiger partial charge in [-0.25, -0.2) is 4.79 Å². The summed E-state index contributed by atoms with van der Waals surface area (Å²) in [5, 5.41) is 10.7. The zero-order valence-electron chi connectivity index (χ0n) is 9.16. The van der Waals surface area contributed by atoms with Gasteiger partial charge in [0.1, 0.15) is 5.03 Å². The van der Waals surface area contributed by atoms with Crippen LogP contribution >= 0.6 is 11.8 Å². The summed E-state index contributed by atoms with van der Waals surface area (Å²) in [5.74, 6) is -0.339. The first-order valence-corrected chi connectivity index (χ1v) is 5.92. The van der Waals surface area contributed by atoms with Crippen LogP contribution in [0.15, 0.2) is 41.6 Å².